The number of hydrogen-bond acceptors (Lipinski definition) is 7. The van der Waals surface area contributed by atoms with Crippen LogP contribution < -0.4 is 9.80 Å². The van der Waals surface area contributed by atoms with Crippen molar-refractivity contribution in [2.45, 2.75) is 32.6 Å². The van der Waals surface area contributed by atoms with Crippen molar-refractivity contribution in [1.82, 2.24) is 15.0 Å². The van der Waals surface area contributed by atoms with E-state index in [-0.39, 0.29) is 17.7 Å². The molecule has 2 aromatic rings. The molecule has 2 amide bonds. The molecular formula is C19H23N5O3S. The highest BCUT2D eigenvalue weighted by molar-refractivity contribution is 7.16. The lowest BCUT2D eigenvalue weighted by molar-refractivity contribution is 0.0988. The lowest BCUT2D eigenvalue weighted by Crippen LogP contribution is -2.36. The minimum Gasteiger partial charge on any atom is -0.449 e. The Bertz CT molecular complexity index is 864. The molecule has 2 aliphatic rings. The number of amides is 2. The Labute approximate surface area is 167 Å². The third-order valence-corrected chi connectivity index (χ3v) is 5.87. The first-order valence-electron chi connectivity index (χ1n) is 9.48. The van der Waals surface area contributed by atoms with Crippen molar-refractivity contribution in [3.8, 4) is 0 Å². The summed E-state index contributed by atoms with van der Waals surface area (Å²) in [5.74, 6) is 1.11. The van der Waals surface area contributed by atoms with E-state index in [9.17, 15) is 9.59 Å². The number of carbonyl (C=O) groups excluding carboxylic acids is 2. The Morgan fingerprint density at radius 2 is 2.00 bits per heavy atom. The first kappa shape index (κ1) is 18.8. The number of rotatable bonds is 7. The van der Waals surface area contributed by atoms with Crippen LogP contribution in [0.4, 0.5) is 15.6 Å². The van der Waals surface area contributed by atoms with Crippen LogP contribution in [0.25, 0.3) is 0 Å². The van der Waals surface area contributed by atoms with Gasteiger partial charge in [0.1, 0.15) is 17.1 Å². The molecule has 2 aromatic heterocycles. The van der Waals surface area contributed by atoms with Gasteiger partial charge in [0.2, 0.25) is 0 Å². The fourth-order valence-corrected chi connectivity index (χ4v) is 3.74. The highest BCUT2D eigenvalue weighted by Crippen LogP contribution is 2.36. The molecule has 0 unspecified atom stereocenters. The number of thiazole rings is 1. The third-order valence-electron chi connectivity index (χ3n) is 4.88. The van der Waals surface area contributed by atoms with Crippen molar-refractivity contribution in [2.75, 3.05) is 30.0 Å². The van der Waals surface area contributed by atoms with Crippen LogP contribution >= 0.6 is 11.3 Å². The van der Waals surface area contributed by atoms with Gasteiger partial charge in [-0.1, -0.05) is 0 Å². The normalized spacial score (nSPS) is 15.9. The van der Waals surface area contributed by atoms with E-state index in [1.165, 1.54) is 22.6 Å². The summed E-state index contributed by atoms with van der Waals surface area (Å²) in [5, 5.41) is 1.28. The summed E-state index contributed by atoms with van der Waals surface area (Å²) in [5.41, 5.74) is 0.257. The Morgan fingerprint density at radius 3 is 2.64 bits per heavy atom. The molecular weight excluding hydrogens is 378 g/mol. The smallest absolute Gasteiger partial charge is 0.414 e. The van der Waals surface area contributed by atoms with Crippen molar-refractivity contribution >= 4 is 34.2 Å². The predicted molar refractivity (Wildman–Crippen MR) is 106 cm³/mol. The van der Waals surface area contributed by atoms with Crippen molar-refractivity contribution in [2.24, 2.45) is 11.8 Å². The molecule has 8 nitrogen and oxygen atoms in total. The van der Waals surface area contributed by atoms with Crippen LogP contribution in [-0.2, 0) is 4.74 Å². The van der Waals surface area contributed by atoms with E-state index >= 15 is 0 Å². The minimum atomic E-state index is -0.388. The molecule has 148 valence electrons. The maximum atomic E-state index is 13.1. The average Bonchev–Trinajstić information content (AvgIpc) is 3.63. The summed E-state index contributed by atoms with van der Waals surface area (Å²) >= 11 is 1.35. The van der Waals surface area contributed by atoms with Crippen LogP contribution in [0.2, 0.25) is 0 Å². The molecule has 0 N–H and O–H groups in total. The first-order chi connectivity index (χ1) is 13.5. The van der Waals surface area contributed by atoms with E-state index in [0.717, 1.165) is 30.7 Å². The summed E-state index contributed by atoms with van der Waals surface area (Å²) in [6.45, 7) is 2.84. The van der Waals surface area contributed by atoms with Crippen LogP contribution in [0, 0.1) is 18.8 Å². The summed E-state index contributed by atoms with van der Waals surface area (Å²) in [6, 6.07) is 1.66. The Balaban J connectivity index is 1.59. The van der Waals surface area contributed by atoms with Crippen LogP contribution in [0.3, 0.4) is 0 Å². The van der Waals surface area contributed by atoms with Crippen LogP contribution in [-0.4, -0.2) is 47.2 Å². The number of aromatic nitrogens is 3. The third kappa shape index (κ3) is 4.30. The van der Waals surface area contributed by atoms with Gasteiger partial charge in [-0.15, -0.1) is 11.3 Å². The van der Waals surface area contributed by atoms with E-state index in [4.69, 9.17) is 4.74 Å². The average molecular weight is 401 g/mol. The maximum Gasteiger partial charge on any atom is 0.414 e. The fraction of sp³-hybridized carbons (Fsp3) is 0.526. The van der Waals surface area contributed by atoms with Gasteiger partial charge in [-0.05, 0) is 50.5 Å². The monoisotopic (exact) mass is 401 g/mol. The molecule has 0 radical (unpaired) electrons. The van der Waals surface area contributed by atoms with Crippen LogP contribution in [0.15, 0.2) is 18.6 Å². The standard InChI is InChI=1S/C19H23N5O3S/c1-12-22-16(17(25)23(2)15-7-8-20-11-21-15)18(28-12)24(9-13-3-4-13)19(26)27-10-14-5-6-14/h7-8,11,13-14H,3-6,9-10H2,1-2H3. The Kier molecular flexibility index (Phi) is 5.25. The molecule has 9 heteroatoms. The molecule has 0 saturated heterocycles. The maximum absolute atomic E-state index is 13.1. The van der Waals surface area contributed by atoms with Crippen molar-refractivity contribution in [1.29, 1.82) is 0 Å². The predicted octanol–water partition coefficient (Wildman–Crippen LogP) is 3.28. The molecule has 0 bridgehead atoms. The number of anilines is 2. The van der Waals surface area contributed by atoms with Gasteiger partial charge in [0.15, 0.2) is 5.69 Å². The SMILES string of the molecule is Cc1nc(C(=O)N(C)c2ccncn2)c(N(CC2CC2)C(=O)OCC2CC2)s1. The molecule has 0 atom stereocenters. The Hall–Kier alpha value is -2.55. The highest BCUT2D eigenvalue weighted by atomic mass is 32.1. The number of aryl methyl sites for hydroxylation is 1. The molecule has 0 aliphatic heterocycles. The molecule has 0 aromatic carbocycles. The van der Waals surface area contributed by atoms with Gasteiger partial charge in [-0.2, -0.15) is 0 Å². The first-order valence-corrected chi connectivity index (χ1v) is 10.3. The summed E-state index contributed by atoms with van der Waals surface area (Å²) in [4.78, 5) is 41.4. The zero-order valence-electron chi connectivity index (χ0n) is 16.0. The second-order valence-electron chi connectivity index (χ2n) is 7.39. The largest absolute Gasteiger partial charge is 0.449 e. The van der Waals surface area contributed by atoms with E-state index in [2.05, 4.69) is 15.0 Å². The second-order valence-corrected chi connectivity index (χ2v) is 8.57. The van der Waals surface area contributed by atoms with Crippen molar-refractivity contribution in [3.63, 3.8) is 0 Å². The van der Waals surface area contributed by atoms with Gasteiger partial charge in [0.05, 0.1) is 11.6 Å². The van der Waals surface area contributed by atoms with Crippen molar-refractivity contribution in [3.05, 3.63) is 29.3 Å². The lowest BCUT2D eigenvalue weighted by Gasteiger charge is -2.22. The van der Waals surface area contributed by atoms with Crippen LogP contribution in [0.1, 0.15) is 41.2 Å². The van der Waals surface area contributed by atoms with Gasteiger partial charge >= 0.3 is 6.09 Å². The molecule has 4 rings (SSSR count). The topological polar surface area (TPSA) is 88.5 Å². The zero-order valence-corrected chi connectivity index (χ0v) is 16.8. The summed E-state index contributed by atoms with van der Waals surface area (Å²) in [7, 11) is 1.64. The van der Waals surface area contributed by atoms with Gasteiger partial charge in [-0.25, -0.2) is 19.7 Å². The van der Waals surface area contributed by atoms with Gasteiger partial charge in [0, 0.05) is 19.8 Å². The Morgan fingerprint density at radius 1 is 1.25 bits per heavy atom. The highest BCUT2D eigenvalue weighted by Gasteiger charge is 2.34. The number of nitrogens with zero attached hydrogens (tertiary/aromatic N) is 5. The second kappa shape index (κ2) is 7.83. The van der Waals surface area contributed by atoms with Crippen LogP contribution in [0.5, 0.6) is 0 Å². The number of hydrogen-bond donors (Lipinski definition) is 0. The van der Waals surface area contributed by atoms with Crippen molar-refractivity contribution < 1.29 is 14.3 Å². The van der Waals surface area contributed by atoms with Gasteiger partial charge in [0.25, 0.3) is 5.91 Å². The summed E-state index contributed by atoms with van der Waals surface area (Å²) < 4.78 is 5.52. The molecule has 2 saturated carbocycles. The minimum absolute atomic E-state index is 0.257. The number of ether oxygens (including phenoxy) is 1. The molecule has 28 heavy (non-hydrogen) atoms. The molecule has 2 aliphatic carbocycles. The van der Waals surface area contributed by atoms with E-state index < -0.39 is 0 Å². The number of carbonyl (C=O) groups is 2. The molecule has 2 fully saturated rings. The van der Waals surface area contributed by atoms with Gasteiger partial charge < -0.3 is 4.74 Å². The quantitative estimate of drug-likeness (QED) is 0.707. The zero-order chi connectivity index (χ0) is 19.7. The lowest BCUT2D eigenvalue weighted by atomic mass is 10.3. The molecule has 0 spiro atoms. The van der Waals surface area contributed by atoms with E-state index in [1.54, 1.807) is 24.2 Å². The van der Waals surface area contributed by atoms with Gasteiger partial charge in [-0.3, -0.25) is 14.6 Å². The van der Waals surface area contributed by atoms with E-state index in [0.29, 0.717) is 35.8 Å². The van der Waals surface area contributed by atoms with E-state index in [1.807, 2.05) is 6.92 Å². The summed E-state index contributed by atoms with van der Waals surface area (Å²) in [6.07, 6.45) is 6.99. The molecule has 2 heterocycles. The fourth-order valence-electron chi connectivity index (χ4n) is 2.83.